The van der Waals surface area contributed by atoms with Crippen molar-refractivity contribution < 1.29 is 0 Å². The maximum Gasteiger partial charge on any atom is 0.0585 e. The van der Waals surface area contributed by atoms with Gasteiger partial charge >= 0.3 is 0 Å². The molecule has 0 saturated heterocycles. The molecule has 0 bridgehead atoms. The van der Waals surface area contributed by atoms with Gasteiger partial charge in [-0.05, 0) is 34.6 Å². The van der Waals surface area contributed by atoms with Gasteiger partial charge in [-0.3, -0.25) is 9.80 Å². The molecule has 0 rings (SSSR count). The van der Waals surface area contributed by atoms with Gasteiger partial charge in [-0.25, -0.2) is 0 Å². The zero-order valence-corrected chi connectivity index (χ0v) is 7.18. The molecule has 1 unspecified atom stereocenters. The number of nitrogens with zero attached hydrogens (tertiary/aromatic N) is 2. The van der Waals surface area contributed by atoms with Gasteiger partial charge in [0.25, 0.3) is 0 Å². The fourth-order valence-corrected chi connectivity index (χ4v) is 0.658. The van der Waals surface area contributed by atoms with E-state index in [0.29, 0.717) is 6.17 Å². The Morgan fingerprint density at radius 1 is 1.22 bits per heavy atom. The number of hydrogen-bond donors (Lipinski definition) is 0. The molecule has 0 aliphatic rings. The summed E-state index contributed by atoms with van der Waals surface area (Å²) in [6.07, 6.45) is 0.551. The molecule has 0 amide bonds. The van der Waals surface area contributed by atoms with Crippen molar-refractivity contribution in [3.05, 3.63) is 0 Å². The van der Waals surface area contributed by atoms with Crippen LogP contribution in [0.25, 0.3) is 0 Å². The maximum absolute atomic E-state index is 2.29. The van der Waals surface area contributed by atoms with Crippen LogP contribution in [0.5, 0.6) is 0 Å². The van der Waals surface area contributed by atoms with Crippen LogP contribution in [0.1, 0.15) is 13.8 Å². The molecule has 0 aromatic rings. The Morgan fingerprint density at radius 3 is 1.78 bits per heavy atom. The molecule has 0 aromatic carbocycles. The molecule has 2 heteroatoms. The summed E-state index contributed by atoms with van der Waals surface area (Å²) in [5.41, 5.74) is 0. The van der Waals surface area contributed by atoms with Gasteiger partial charge in [0.2, 0.25) is 0 Å². The van der Waals surface area contributed by atoms with Crippen LogP contribution in [-0.2, 0) is 0 Å². The first-order chi connectivity index (χ1) is 4.09. The molecule has 56 valence electrons. The average Bonchev–Trinajstić information content (AvgIpc) is 1.84. The van der Waals surface area contributed by atoms with Crippen molar-refractivity contribution in [3.63, 3.8) is 0 Å². The molecule has 0 heterocycles. The molecule has 9 heavy (non-hydrogen) atoms. The molecule has 0 spiro atoms. The maximum atomic E-state index is 2.29. The summed E-state index contributed by atoms with van der Waals surface area (Å²) in [7, 11) is 6.32. The third-order valence-corrected chi connectivity index (χ3v) is 1.88. The van der Waals surface area contributed by atoms with Crippen molar-refractivity contribution in [3.8, 4) is 0 Å². The highest BCUT2D eigenvalue weighted by Gasteiger charge is 2.07. The van der Waals surface area contributed by atoms with E-state index in [1.807, 2.05) is 0 Å². The van der Waals surface area contributed by atoms with Crippen LogP contribution in [0.2, 0.25) is 0 Å². The monoisotopic (exact) mass is 130 g/mol. The second kappa shape index (κ2) is 3.85. The van der Waals surface area contributed by atoms with Crippen molar-refractivity contribution in [2.45, 2.75) is 20.0 Å². The zero-order chi connectivity index (χ0) is 7.44. The lowest BCUT2D eigenvalue weighted by molar-refractivity contribution is 0.126. The van der Waals surface area contributed by atoms with E-state index in [1.165, 1.54) is 0 Å². The highest BCUT2D eigenvalue weighted by molar-refractivity contribution is 4.56. The molecule has 2 nitrogen and oxygen atoms in total. The largest absolute Gasteiger partial charge is 0.294 e. The quantitative estimate of drug-likeness (QED) is 0.522. The van der Waals surface area contributed by atoms with Crippen LogP contribution in [0.4, 0.5) is 0 Å². The summed E-state index contributed by atoms with van der Waals surface area (Å²) in [4.78, 5) is 4.49. The Labute approximate surface area is 58.4 Å². The van der Waals surface area contributed by atoms with Crippen LogP contribution in [-0.4, -0.2) is 43.7 Å². The van der Waals surface area contributed by atoms with Crippen molar-refractivity contribution >= 4 is 0 Å². The fourth-order valence-electron chi connectivity index (χ4n) is 0.658. The first-order valence-corrected chi connectivity index (χ1v) is 3.46. The lowest BCUT2D eigenvalue weighted by Gasteiger charge is -2.28. The molecular formula is C7H18N2. The Balaban J connectivity index is 3.58. The lowest BCUT2D eigenvalue weighted by atomic mass is 10.4. The average molecular weight is 130 g/mol. The Bertz CT molecular complexity index is 71.3. The molecule has 0 fully saturated rings. The van der Waals surface area contributed by atoms with E-state index in [1.54, 1.807) is 0 Å². The molecule has 0 N–H and O–H groups in total. The van der Waals surface area contributed by atoms with E-state index in [2.05, 4.69) is 44.8 Å². The number of rotatable bonds is 3. The second-order valence-corrected chi connectivity index (χ2v) is 2.67. The predicted molar refractivity (Wildman–Crippen MR) is 41.5 cm³/mol. The molecular weight excluding hydrogens is 112 g/mol. The molecule has 1 atom stereocenters. The standard InChI is InChI=1S/C7H18N2/c1-6-9(5)7(2)8(3)4/h7H,6H2,1-5H3. The molecule has 0 radical (unpaired) electrons. The minimum absolute atomic E-state index is 0.551. The third kappa shape index (κ3) is 2.82. The van der Waals surface area contributed by atoms with Gasteiger partial charge < -0.3 is 0 Å². The van der Waals surface area contributed by atoms with Crippen molar-refractivity contribution in [1.29, 1.82) is 0 Å². The van der Waals surface area contributed by atoms with Gasteiger partial charge in [-0.2, -0.15) is 0 Å². The summed E-state index contributed by atoms with van der Waals surface area (Å²) in [6, 6.07) is 0. The van der Waals surface area contributed by atoms with Gasteiger partial charge in [0, 0.05) is 0 Å². The van der Waals surface area contributed by atoms with Crippen molar-refractivity contribution in [2.24, 2.45) is 0 Å². The summed E-state index contributed by atoms with van der Waals surface area (Å²) in [5.74, 6) is 0. The minimum Gasteiger partial charge on any atom is -0.294 e. The van der Waals surface area contributed by atoms with E-state index >= 15 is 0 Å². The van der Waals surface area contributed by atoms with Crippen LogP contribution >= 0.6 is 0 Å². The van der Waals surface area contributed by atoms with Crippen LogP contribution in [0.15, 0.2) is 0 Å². The van der Waals surface area contributed by atoms with Crippen molar-refractivity contribution in [1.82, 2.24) is 9.80 Å². The summed E-state index contributed by atoms with van der Waals surface area (Å²) < 4.78 is 0. The Hall–Kier alpha value is -0.0800. The van der Waals surface area contributed by atoms with Gasteiger partial charge in [0.05, 0.1) is 6.17 Å². The van der Waals surface area contributed by atoms with E-state index in [0.717, 1.165) is 6.54 Å². The Kier molecular flexibility index (Phi) is 3.82. The van der Waals surface area contributed by atoms with Gasteiger partial charge in [0.1, 0.15) is 0 Å². The zero-order valence-electron chi connectivity index (χ0n) is 7.18. The summed E-state index contributed by atoms with van der Waals surface area (Å²) in [5, 5.41) is 0. The minimum atomic E-state index is 0.551. The van der Waals surface area contributed by atoms with Crippen molar-refractivity contribution in [2.75, 3.05) is 27.7 Å². The highest BCUT2D eigenvalue weighted by Crippen LogP contribution is 1.95. The molecule has 0 aliphatic carbocycles. The van der Waals surface area contributed by atoms with Crippen LogP contribution in [0.3, 0.4) is 0 Å². The number of hydrogen-bond acceptors (Lipinski definition) is 2. The van der Waals surface area contributed by atoms with Gasteiger partial charge in [-0.15, -0.1) is 0 Å². The van der Waals surface area contributed by atoms with E-state index < -0.39 is 0 Å². The van der Waals surface area contributed by atoms with Gasteiger partial charge in [0.15, 0.2) is 0 Å². The normalized spacial score (nSPS) is 15.0. The first kappa shape index (κ1) is 8.92. The summed E-state index contributed by atoms with van der Waals surface area (Å²) >= 11 is 0. The van der Waals surface area contributed by atoms with E-state index in [-0.39, 0.29) is 0 Å². The Morgan fingerprint density at radius 2 is 1.67 bits per heavy atom. The predicted octanol–water partition coefficient (Wildman–Crippen LogP) is 0.846. The summed E-state index contributed by atoms with van der Waals surface area (Å²) in [6.45, 7) is 5.48. The topological polar surface area (TPSA) is 6.48 Å². The highest BCUT2D eigenvalue weighted by atomic mass is 15.3. The second-order valence-electron chi connectivity index (χ2n) is 2.67. The van der Waals surface area contributed by atoms with E-state index in [4.69, 9.17) is 0 Å². The smallest absolute Gasteiger partial charge is 0.0585 e. The fraction of sp³-hybridized carbons (Fsp3) is 1.00. The molecule has 0 aromatic heterocycles. The third-order valence-electron chi connectivity index (χ3n) is 1.88. The van der Waals surface area contributed by atoms with E-state index in [9.17, 15) is 0 Å². The first-order valence-electron chi connectivity index (χ1n) is 3.46. The van der Waals surface area contributed by atoms with Crippen LogP contribution < -0.4 is 0 Å². The van der Waals surface area contributed by atoms with Crippen LogP contribution in [0, 0.1) is 0 Å². The lowest BCUT2D eigenvalue weighted by Crippen LogP contribution is -2.39. The molecule has 0 saturated carbocycles. The SMILES string of the molecule is CCN(C)C(C)N(C)C. The molecule has 0 aliphatic heterocycles. The van der Waals surface area contributed by atoms with Gasteiger partial charge in [-0.1, -0.05) is 6.92 Å².